The molecule has 1 unspecified atom stereocenters. The minimum Gasteiger partial charge on any atom is -0.385 e. The van der Waals surface area contributed by atoms with Crippen LogP contribution in [0.5, 0.6) is 0 Å². The second-order valence-corrected chi connectivity index (χ2v) is 5.03. The highest BCUT2D eigenvalue weighted by Crippen LogP contribution is 2.59. The van der Waals surface area contributed by atoms with Crippen LogP contribution in [0.3, 0.4) is 0 Å². The number of benzene rings is 1. The molecule has 0 radical (unpaired) electrons. The molecule has 3 aliphatic carbocycles. The molecule has 1 aromatic carbocycles. The van der Waals surface area contributed by atoms with E-state index in [0.29, 0.717) is 5.92 Å². The summed E-state index contributed by atoms with van der Waals surface area (Å²) in [7, 11) is 0. The fourth-order valence-electron chi connectivity index (χ4n) is 3.09. The lowest BCUT2D eigenvalue weighted by atomic mass is 9.79. The predicted octanol–water partition coefficient (Wildman–Crippen LogP) is 2.61. The Morgan fingerprint density at radius 1 is 1.21 bits per heavy atom. The third-order valence-electron chi connectivity index (χ3n) is 4.06. The van der Waals surface area contributed by atoms with Crippen LogP contribution in [0.2, 0.25) is 0 Å². The lowest BCUT2D eigenvalue weighted by Crippen LogP contribution is -2.29. The van der Waals surface area contributed by atoms with Crippen LogP contribution in [0.15, 0.2) is 24.3 Å². The SMILES string of the molecule is Cc1ccc(C2(O)CC3CC2C3)cc1. The number of aryl methyl sites for hydroxylation is 1. The molecule has 1 heteroatoms. The van der Waals surface area contributed by atoms with Gasteiger partial charge in [-0.05, 0) is 43.6 Å². The van der Waals surface area contributed by atoms with Crippen LogP contribution >= 0.6 is 0 Å². The number of hydrogen-bond donors (Lipinski definition) is 1. The number of fused-ring (bicyclic) bond motifs is 1. The first kappa shape index (κ1) is 8.49. The van der Waals surface area contributed by atoms with Crippen LogP contribution in [0.4, 0.5) is 0 Å². The molecular formula is C13H16O. The molecule has 3 saturated carbocycles. The first-order chi connectivity index (χ1) is 6.68. The Morgan fingerprint density at radius 3 is 2.36 bits per heavy atom. The molecule has 74 valence electrons. The van der Waals surface area contributed by atoms with Crippen molar-refractivity contribution >= 4 is 0 Å². The predicted molar refractivity (Wildman–Crippen MR) is 55.9 cm³/mol. The van der Waals surface area contributed by atoms with Crippen LogP contribution in [-0.2, 0) is 5.60 Å². The maximum Gasteiger partial charge on any atom is 0.0927 e. The van der Waals surface area contributed by atoms with Gasteiger partial charge in [-0.25, -0.2) is 0 Å². The van der Waals surface area contributed by atoms with Gasteiger partial charge in [-0.15, -0.1) is 0 Å². The summed E-state index contributed by atoms with van der Waals surface area (Å²) in [6, 6.07) is 8.39. The molecule has 14 heavy (non-hydrogen) atoms. The van der Waals surface area contributed by atoms with Crippen LogP contribution < -0.4 is 0 Å². The summed E-state index contributed by atoms with van der Waals surface area (Å²) in [5, 5.41) is 10.6. The molecule has 1 aromatic rings. The van der Waals surface area contributed by atoms with Crippen molar-refractivity contribution < 1.29 is 5.11 Å². The van der Waals surface area contributed by atoms with Gasteiger partial charge in [0.2, 0.25) is 0 Å². The fourth-order valence-corrected chi connectivity index (χ4v) is 3.09. The van der Waals surface area contributed by atoms with Gasteiger partial charge in [-0.1, -0.05) is 29.8 Å². The fraction of sp³-hybridized carbons (Fsp3) is 0.538. The summed E-state index contributed by atoms with van der Waals surface area (Å²) in [5.74, 6) is 1.33. The Morgan fingerprint density at radius 2 is 1.86 bits per heavy atom. The Hall–Kier alpha value is -0.820. The molecule has 0 amide bonds. The molecular weight excluding hydrogens is 172 g/mol. The average molecular weight is 188 g/mol. The minimum absolute atomic E-state index is 0.488. The average Bonchev–Trinajstić information content (AvgIpc) is 2.58. The topological polar surface area (TPSA) is 20.2 Å². The molecule has 3 aliphatic rings. The van der Waals surface area contributed by atoms with Crippen LogP contribution in [-0.4, -0.2) is 5.11 Å². The zero-order chi connectivity index (χ0) is 9.76. The van der Waals surface area contributed by atoms with Gasteiger partial charge in [-0.2, -0.15) is 0 Å². The number of rotatable bonds is 1. The smallest absolute Gasteiger partial charge is 0.0927 e. The summed E-state index contributed by atoms with van der Waals surface area (Å²) in [6.07, 6.45) is 3.47. The normalized spacial score (nSPS) is 39.6. The third kappa shape index (κ3) is 0.992. The molecule has 0 aliphatic heterocycles. The summed E-state index contributed by atoms with van der Waals surface area (Å²) >= 11 is 0. The molecule has 3 fully saturated rings. The minimum atomic E-state index is -0.488. The monoisotopic (exact) mass is 188 g/mol. The van der Waals surface area contributed by atoms with Crippen LogP contribution in [0.25, 0.3) is 0 Å². The van der Waals surface area contributed by atoms with E-state index in [2.05, 4.69) is 31.2 Å². The molecule has 1 atom stereocenters. The van der Waals surface area contributed by atoms with Crippen molar-refractivity contribution in [2.75, 3.05) is 0 Å². The Balaban J connectivity index is 1.98. The lowest BCUT2D eigenvalue weighted by molar-refractivity contribution is 0.00598. The van der Waals surface area contributed by atoms with Crippen molar-refractivity contribution in [2.45, 2.75) is 31.8 Å². The molecule has 0 saturated heterocycles. The van der Waals surface area contributed by atoms with E-state index < -0.39 is 5.60 Å². The van der Waals surface area contributed by atoms with Crippen molar-refractivity contribution in [3.8, 4) is 0 Å². The van der Waals surface area contributed by atoms with Gasteiger partial charge in [0, 0.05) is 0 Å². The maximum absolute atomic E-state index is 10.6. The van der Waals surface area contributed by atoms with E-state index >= 15 is 0 Å². The van der Waals surface area contributed by atoms with E-state index in [1.807, 2.05) is 0 Å². The highest BCUT2D eigenvalue weighted by molar-refractivity contribution is 5.30. The van der Waals surface area contributed by atoms with Gasteiger partial charge in [0.05, 0.1) is 5.60 Å². The maximum atomic E-state index is 10.6. The summed E-state index contributed by atoms with van der Waals surface area (Å²) in [5.41, 5.74) is 1.91. The highest BCUT2D eigenvalue weighted by Gasteiger charge is 2.54. The molecule has 0 aromatic heterocycles. The van der Waals surface area contributed by atoms with E-state index in [4.69, 9.17) is 0 Å². The lowest BCUT2D eigenvalue weighted by Gasteiger charge is -2.30. The molecule has 0 spiro atoms. The van der Waals surface area contributed by atoms with Crippen molar-refractivity contribution in [3.05, 3.63) is 35.4 Å². The van der Waals surface area contributed by atoms with Crippen molar-refractivity contribution in [2.24, 2.45) is 11.8 Å². The van der Waals surface area contributed by atoms with Gasteiger partial charge in [0.25, 0.3) is 0 Å². The van der Waals surface area contributed by atoms with Gasteiger partial charge in [-0.3, -0.25) is 0 Å². The Kier molecular flexibility index (Phi) is 1.58. The quantitative estimate of drug-likeness (QED) is 0.718. The number of aliphatic hydroxyl groups is 1. The van der Waals surface area contributed by atoms with Crippen LogP contribution in [0.1, 0.15) is 30.4 Å². The molecule has 1 nitrogen and oxygen atoms in total. The van der Waals surface area contributed by atoms with Crippen molar-refractivity contribution in [1.82, 2.24) is 0 Å². The second-order valence-electron chi connectivity index (χ2n) is 5.03. The van der Waals surface area contributed by atoms with E-state index in [0.717, 1.165) is 17.9 Å². The largest absolute Gasteiger partial charge is 0.385 e. The van der Waals surface area contributed by atoms with Gasteiger partial charge in [0.1, 0.15) is 0 Å². The van der Waals surface area contributed by atoms with E-state index in [9.17, 15) is 5.11 Å². The van der Waals surface area contributed by atoms with Gasteiger partial charge < -0.3 is 5.11 Å². The van der Waals surface area contributed by atoms with Gasteiger partial charge >= 0.3 is 0 Å². The molecule has 2 bridgehead atoms. The third-order valence-corrected chi connectivity index (χ3v) is 4.06. The van der Waals surface area contributed by atoms with Crippen molar-refractivity contribution in [1.29, 1.82) is 0 Å². The van der Waals surface area contributed by atoms with Crippen molar-refractivity contribution in [3.63, 3.8) is 0 Å². The molecule has 4 rings (SSSR count). The van der Waals surface area contributed by atoms with E-state index in [1.54, 1.807) is 0 Å². The zero-order valence-corrected chi connectivity index (χ0v) is 8.53. The summed E-state index contributed by atoms with van der Waals surface area (Å²) < 4.78 is 0. The van der Waals surface area contributed by atoms with E-state index in [-0.39, 0.29) is 0 Å². The molecule has 0 heterocycles. The van der Waals surface area contributed by atoms with Crippen LogP contribution in [0, 0.1) is 18.8 Å². The summed E-state index contributed by atoms with van der Waals surface area (Å²) in [6.45, 7) is 2.09. The van der Waals surface area contributed by atoms with Gasteiger partial charge in [0.15, 0.2) is 0 Å². The zero-order valence-electron chi connectivity index (χ0n) is 8.53. The molecule has 1 N–H and O–H groups in total. The summed E-state index contributed by atoms with van der Waals surface area (Å²) in [4.78, 5) is 0. The highest BCUT2D eigenvalue weighted by atomic mass is 16.3. The Labute approximate surface area is 84.8 Å². The first-order valence-electron chi connectivity index (χ1n) is 5.48. The first-order valence-corrected chi connectivity index (χ1v) is 5.48. The second kappa shape index (κ2) is 2.60. The standard InChI is InChI=1S/C13H16O/c1-9-2-4-11(5-3-9)13(14)8-10-6-12(13)7-10/h2-5,10,12,14H,6-8H2,1H3. The number of hydrogen-bond acceptors (Lipinski definition) is 1. The van der Waals surface area contributed by atoms with E-state index in [1.165, 1.54) is 18.4 Å². The Bertz CT molecular complexity index is 348.